The zero-order chi connectivity index (χ0) is 24.5. The van der Waals surface area contributed by atoms with Crippen molar-refractivity contribution in [3.8, 4) is 5.75 Å². The van der Waals surface area contributed by atoms with E-state index in [1.54, 1.807) is 54.6 Å². The molecular formula is C25H21NO8. The van der Waals surface area contributed by atoms with Gasteiger partial charge in [-0.2, -0.15) is 0 Å². The van der Waals surface area contributed by atoms with Crippen LogP contribution in [0.25, 0.3) is 0 Å². The van der Waals surface area contributed by atoms with Crippen molar-refractivity contribution >= 4 is 29.5 Å². The van der Waals surface area contributed by atoms with Gasteiger partial charge in [-0.3, -0.25) is 4.79 Å². The summed E-state index contributed by atoms with van der Waals surface area (Å²) in [7, 11) is 1.39. The number of ether oxygens (including phenoxy) is 3. The van der Waals surface area contributed by atoms with E-state index >= 15 is 0 Å². The van der Waals surface area contributed by atoms with E-state index < -0.39 is 36.0 Å². The number of esters is 2. The fourth-order valence-corrected chi connectivity index (χ4v) is 2.96. The number of hydrogen-bond acceptors (Lipinski definition) is 7. The lowest BCUT2D eigenvalue weighted by molar-refractivity contribution is -0.157. The number of carboxylic acids is 1. The standard InChI is InChI=1S/C25H21NO8/c1-32-19-15-9-8-14-18(19)26-22(27)20(33-24(30)16-10-4-2-5-11-16)21(23(28)29)34-25(31)17-12-6-3-7-13-17/h2-15,20-21H,1H3,(H,26,27)(H,28,29)/t20-,21-/m1/s1. The van der Waals surface area contributed by atoms with Crippen molar-refractivity contribution in [1.82, 2.24) is 0 Å². The lowest BCUT2D eigenvalue weighted by Gasteiger charge is -2.24. The normalized spacial score (nSPS) is 12.0. The zero-order valence-corrected chi connectivity index (χ0v) is 18.0. The van der Waals surface area contributed by atoms with Gasteiger partial charge in [0.1, 0.15) is 5.75 Å². The van der Waals surface area contributed by atoms with Gasteiger partial charge in [-0.25, -0.2) is 14.4 Å². The van der Waals surface area contributed by atoms with Crippen LogP contribution in [-0.4, -0.2) is 48.2 Å². The Labute approximate surface area is 194 Å². The Kier molecular flexibility index (Phi) is 7.96. The van der Waals surface area contributed by atoms with Crippen molar-refractivity contribution in [2.75, 3.05) is 12.4 Å². The number of benzene rings is 3. The van der Waals surface area contributed by atoms with Crippen LogP contribution in [0.1, 0.15) is 20.7 Å². The van der Waals surface area contributed by atoms with E-state index in [1.165, 1.54) is 37.4 Å². The molecule has 0 radical (unpaired) electrons. The van der Waals surface area contributed by atoms with E-state index in [9.17, 15) is 24.3 Å². The second-order valence-corrected chi connectivity index (χ2v) is 6.91. The molecule has 0 aromatic heterocycles. The van der Waals surface area contributed by atoms with Crippen molar-refractivity contribution in [1.29, 1.82) is 0 Å². The maximum absolute atomic E-state index is 13.1. The van der Waals surface area contributed by atoms with Crippen LogP contribution < -0.4 is 10.1 Å². The number of carbonyl (C=O) groups is 4. The van der Waals surface area contributed by atoms with Gasteiger partial charge in [-0.15, -0.1) is 0 Å². The molecule has 0 saturated heterocycles. The number of aliphatic carboxylic acids is 1. The monoisotopic (exact) mass is 463 g/mol. The summed E-state index contributed by atoms with van der Waals surface area (Å²) in [5, 5.41) is 12.2. The van der Waals surface area contributed by atoms with Gasteiger partial charge in [0.25, 0.3) is 5.91 Å². The Bertz CT molecular complexity index is 1160. The molecule has 0 unspecified atom stereocenters. The minimum Gasteiger partial charge on any atom is -0.495 e. The van der Waals surface area contributed by atoms with Gasteiger partial charge >= 0.3 is 17.9 Å². The molecule has 34 heavy (non-hydrogen) atoms. The number of carboxylic acid groups (broad SMARTS) is 1. The molecule has 0 fully saturated rings. The highest BCUT2D eigenvalue weighted by molar-refractivity contribution is 6.02. The molecule has 3 aromatic rings. The number of nitrogens with one attached hydrogen (secondary N) is 1. The summed E-state index contributed by atoms with van der Waals surface area (Å²) in [6, 6.07) is 21.7. The third-order valence-corrected chi connectivity index (χ3v) is 4.63. The summed E-state index contributed by atoms with van der Waals surface area (Å²) < 4.78 is 15.5. The first kappa shape index (κ1) is 24.0. The van der Waals surface area contributed by atoms with Crippen LogP contribution in [0.4, 0.5) is 5.69 Å². The summed E-state index contributed by atoms with van der Waals surface area (Å²) in [4.78, 5) is 50.3. The number of carbonyl (C=O) groups excluding carboxylic acids is 3. The van der Waals surface area contributed by atoms with E-state index in [0.29, 0.717) is 0 Å². The first-order chi connectivity index (χ1) is 16.4. The molecule has 0 saturated carbocycles. The third kappa shape index (κ3) is 5.98. The number of rotatable bonds is 9. The summed E-state index contributed by atoms with van der Waals surface area (Å²) >= 11 is 0. The Morgan fingerprint density at radius 2 is 1.18 bits per heavy atom. The fourth-order valence-electron chi connectivity index (χ4n) is 2.96. The third-order valence-electron chi connectivity index (χ3n) is 4.63. The molecule has 3 rings (SSSR count). The average molecular weight is 463 g/mol. The van der Waals surface area contributed by atoms with Crippen LogP contribution in [0.15, 0.2) is 84.9 Å². The highest BCUT2D eigenvalue weighted by Gasteiger charge is 2.41. The molecule has 0 heterocycles. The van der Waals surface area contributed by atoms with Crippen molar-refractivity contribution in [2.24, 2.45) is 0 Å². The Hall–Kier alpha value is -4.66. The molecule has 0 aliphatic rings. The Balaban J connectivity index is 1.92. The molecule has 0 bridgehead atoms. The number of anilines is 1. The molecule has 9 nitrogen and oxygen atoms in total. The molecule has 0 spiro atoms. The number of para-hydroxylation sites is 2. The predicted octanol–water partition coefficient (Wildman–Crippen LogP) is 3.17. The highest BCUT2D eigenvalue weighted by Crippen LogP contribution is 2.24. The molecular weight excluding hydrogens is 442 g/mol. The number of hydrogen-bond donors (Lipinski definition) is 2. The zero-order valence-electron chi connectivity index (χ0n) is 18.0. The molecule has 3 aromatic carbocycles. The largest absolute Gasteiger partial charge is 0.495 e. The summed E-state index contributed by atoms with van der Waals surface area (Å²) in [5.74, 6) is -4.38. The lowest BCUT2D eigenvalue weighted by Crippen LogP contribution is -2.48. The van der Waals surface area contributed by atoms with Gasteiger partial charge in [0.2, 0.25) is 12.2 Å². The highest BCUT2D eigenvalue weighted by atomic mass is 16.6. The summed E-state index contributed by atoms with van der Waals surface area (Å²) in [6.45, 7) is 0. The molecule has 1 amide bonds. The Morgan fingerprint density at radius 1 is 0.706 bits per heavy atom. The van der Waals surface area contributed by atoms with Crippen LogP contribution in [-0.2, 0) is 19.1 Å². The fraction of sp³-hybridized carbons (Fsp3) is 0.120. The molecule has 9 heteroatoms. The van der Waals surface area contributed by atoms with Gasteiger partial charge in [0, 0.05) is 0 Å². The smallest absolute Gasteiger partial charge is 0.349 e. The summed E-state index contributed by atoms with van der Waals surface area (Å²) in [5.41, 5.74) is 0.345. The first-order valence-corrected chi connectivity index (χ1v) is 10.1. The van der Waals surface area contributed by atoms with Crippen LogP contribution in [0.3, 0.4) is 0 Å². The van der Waals surface area contributed by atoms with E-state index in [0.717, 1.165) is 0 Å². The summed E-state index contributed by atoms with van der Waals surface area (Å²) in [6.07, 6.45) is -4.14. The quantitative estimate of drug-likeness (QED) is 0.463. The average Bonchev–Trinajstić information content (AvgIpc) is 2.87. The van der Waals surface area contributed by atoms with Gasteiger partial charge in [-0.05, 0) is 36.4 Å². The van der Waals surface area contributed by atoms with Crippen molar-refractivity contribution < 1.29 is 38.5 Å². The van der Waals surface area contributed by atoms with E-state index in [4.69, 9.17) is 14.2 Å². The van der Waals surface area contributed by atoms with Crippen LogP contribution >= 0.6 is 0 Å². The van der Waals surface area contributed by atoms with Crippen LogP contribution in [0, 0.1) is 0 Å². The molecule has 174 valence electrons. The van der Waals surface area contributed by atoms with Gasteiger partial charge in [0.05, 0.1) is 23.9 Å². The molecule has 2 atom stereocenters. The second kappa shape index (κ2) is 11.3. The first-order valence-electron chi connectivity index (χ1n) is 10.1. The van der Waals surface area contributed by atoms with Crippen molar-refractivity contribution in [2.45, 2.75) is 12.2 Å². The molecule has 2 N–H and O–H groups in total. The van der Waals surface area contributed by atoms with Crippen LogP contribution in [0.2, 0.25) is 0 Å². The minimum absolute atomic E-state index is 0.0621. The van der Waals surface area contributed by atoms with E-state index in [1.807, 2.05) is 0 Å². The molecule has 0 aliphatic heterocycles. The van der Waals surface area contributed by atoms with Gasteiger partial charge in [-0.1, -0.05) is 48.5 Å². The van der Waals surface area contributed by atoms with Crippen molar-refractivity contribution in [3.05, 3.63) is 96.1 Å². The van der Waals surface area contributed by atoms with Gasteiger partial charge < -0.3 is 24.6 Å². The van der Waals surface area contributed by atoms with Gasteiger partial charge in [0.15, 0.2) is 0 Å². The van der Waals surface area contributed by atoms with E-state index in [-0.39, 0.29) is 22.6 Å². The number of methoxy groups -OCH3 is 1. The topological polar surface area (TPSA) is 128 Å². The minimum atomic E-state index is -2.13. The second-order valence-electron chi connectivity index (χ2n) is 6.91. The number of amides is 1. The maximum Gasteiger partial charge on any atom is 0.349 e. The lowest BCUT2D eigenvalue weighted by atomic mass is 10.1. The van der Waals surface area contributed by atoms with E-state index in [2.05, 4.69) is 5.32 Å². The predicted molar refractivity (Wildman–Crippen MR) is 121 cm³/mol. The molecule has 0 aliphatic carbocycles. The SMILES string of the molecule is COc1ccccc1NC(=O)[C@H](OC(=O)c1ccccc1)[C@@H](OC(=O)c1ccccc1)C(=O)O. The van der Waals surface area contributed by atoms with Crippen molar-refractivity contribution in [3.63, 3.8) is 0 Å². The van der Waals surface area contributed by atoms with Crippen LogP contribution in [0.5, 0.6) is 5.75 Å². The maximum atomic E-state index is 13.1. The Morgan fingerprint density at radius 3 is 1.68 bits per heavy atom.